The van der Waals surface area contributed by atoms with E-state index >= 15 is 0 Å². The van der Waals surface area contributed by atoms with Crippen molar-refractivity contribution in [2.24, 2.45) is 5.73 Å². The van der Waals surface area contributed by atoms with Crippen molar-refractivity contribution < 1.29 is 14.6 Å². The molecule has 0 heterocycles. The number of carbonyl (C=O) groups is 1. The Balaban J connectivity index is 0.00000341. The molecule has 0 spiro atoms. The van der Waals surface area contributed by atoms with Crippen LogP contribution in [0.1, 0.15) is 22.7 Å². The number of ether oxygens (including phenoxy) is 1. The van der Waals surface area contributed by atoms with Crippen LogP contribution in [0.15, 0.2) is 72.8 Å². The van der Waals surface area contributed by atoms with Crippen LogP contribution in [-0.4, -0.2) is 24.0 Å². The van der Waals surface area contributed by atoms with Crippen LogP contribution in [0.5, 0.6) is 11.5 Å². The maximum atomic E-state index is 13.0. The molecular weight excluding hydrogens is 416 g/mol. The fraction of sp³-hybridized carbons (Fsp3) is 0.130. The van der Waals surface area contributed by atoms with E-state index in [0.717, 1.165) is 5.56 Å². The van der Waals surface area contributed by atoms with Gasteiger partial charge >= 0.3 is 0 Å². The van der Waals surface area contributed by atoms with Crippen molar-refractivity contribution in [1.82, 2.24) is 5.32 Å². The number of hydrogen-bond donors (Lipinski definition) is 5. The van der Waals surface area contributed by atoms with Crippen LogP contribution < -0.4 is 21.1 Å². The van der Waals surface area contributed by atoms with Gasteiger partial charge in [0.25, 0.3) is 0 Å². The molecule has 3 aromatic rings. The van der Waals surface area contributed by atoms with Crippen LogP contribution in [0, 0.1) is 5.41 Å². The summed E-state index contributed by atoms with van der Waals surface area (Å²) in [5.41, 5.74) is 8.11. The lowest BCUT2D eigenvalue weighted by molar-refractivity contribution is -0.122. The number of halogens is 1. The Hall–Kier alpha value is -3.71. The highest BCUT2D eigenvalue weighted by atomic mass is 35.5. The molecule has 0 radical (unpaired) electrons. The van der Waals surface area contributed by atoms with E-state index in [1.165, 1.54) is 13.2 Å². The first-order valence-electron chi connectivity index (χ1n) is 9.37. The van der Waals surface area contributed by atoms with Gasteiger partial charge in [-0.3, -0.25) is 10.2 Å². The zero-order valence-electron chi connectivity index (χ0n) is 17.0. The highest BCUT2D eigenvalue weighted by molar-refractivity contribution is 5.95. The molecule has 1 amide bonds. The predicted molar refractivity (Wildman–Crippen MR) is 124 cm³/mol. The minimum absolute atomic E-state index is 0. The minimum atomic E-state index is -0.845. The number of methoxy groups -OCH3 is 1. The molecule has 0 fully saturated rings. The average Bonchev–Trinajstić information content (AvgIpc) is 2.77. The molecule has 31 heavy (non-hydrogen) atoms. The molecular formula is C23H25ClN4O3. The monoisotopic (exact) mass is 440 g/mol. The average molecular weight is 441 g/mol. The molecule has 1 unspecified atom stereocenters. The van der Waals surface area contributed by atoms with Crippen LogP contribution in [0.25, 0.3) is 0 Å². The second-order valence-corrected chi connectivity index (χ2v) is 6.70. The standard InChI is InChI=1S/C23H24N4O3.ClH/c1-30-18-11-12-19(20(28)13-18)21(23(29)26-14-15-5-3-2-4-6-15)27-17-9-7-16(8-10-17)22(24)25;/h2-13,21,27-28H,14H2,1H3,(H3,24,25)(H,26,29);1H. The molecule has 0 bridgehead atoms. The SMILES string of the molecule is COc1ccc(C(Nc2ccc(C(=N)N)cc2)C(=O)NCc2ccccc2)c(O)c1.Cl. The Bertz CT molecular complexity index is 1030. The lowest BCUT2D eigenvalue weighted by Crippen LogP contribution is -2.33. The summed E-state index contributed by atoms with van der Waals surface area (Å²) in [4.78, 5) is 13.0. The topological polar surface area (TPSA) is 120 Å². The third-order valence-corrected chi connectivity index (χ3v) is 4.63. The van der Waals surface area contributed by atoms with Crippen LogP contribution in [0.4, 0.5) is 5.69 Å². The van der Waals surface area contributed by atoms with Crippen molar-refractivity contribution in [2.75, 3.05) is 12.4 Å². The number of anilines is 1. The summed E-state index contributed by atoms with van der Waals surface area (Å²) in [5, 5.41) is 24.0. The fourth-order valence-corrected chi connectivity index (χ4v) is 2.98. The first kappa shape index (κ1) is 23.6. The number of hydrogen-bond acceptors (Lipinski definition) is 5. The van der Waals surface area contributed by atoms with Crippen LogP contribution in [-0.2, 0) is 11.3 Å². The number of phenolic OH excluding ortho intramolecular Hbond substituents is 1. The van der Waals surface area contributed by atoms with Crippen LogP contribution in [0.3, 0.4) is 0 Å². The van der Waals surface area contributed by atoms with Crippen molar-refractivity contribution in [2.45, 2.75) is 12.6 Å². The van der Waals surface area contributed by atoms with Gasteiger partial charge in [-0.2, -0.15) is 0 Å². The molecule has 0 saturated carbocycles. The molecule has 0 aromatic heterocycles. The lowest BCUT2D eigenvalue weighted by atomic mass is 10.0. The molecule has 3 aromatic carbocycles. The first-order chi connectivity index (χ1) is 14.5. The van der Waals surface area contributed by atoms with Gasteiger partial charge in [0.2, 0.25) is 5.91 Å². The number of benzene rings is 3. The summed E-state index contributed by atoms with van der Waals surface area (Å²) >= 11 is 0. The van der Waals surface area contributed by atoms with Gasteiger partial charge in [0.05, 0.1) is 7.11 Å². The van der Waals surface area contributed by atoms with Crippen molar-refractivity contribution in [3.8, 4) is 11.5 Å². The van der Waals surface area contributed by atoms with E-state index in [4.69, 9.17) is 15.9 Å². The third kappa shape index (κ3) is 6.13. The highest BCUT2D eigenvalue weighted by Crippen LogP contribution is 2.31. The Labute approximate surface area is 187 Å². The van der Waals surface area contributed by atoms with Gasteiger partial charge in [-0.1, -0.05) is 30.3 Å². The predicted octanol–water partition coefficient (Wildman–Crippen LogP) is 3.58. The zero-order valence-corrected chi connectivity index (χ0v) is 17.8. The fourth-order valence-electron chi connectivity index (χ4n) is 2.98. The number of aromatic hydroxyl groups is 1. The van der Waals surface area contributed by atoms with Crippen molar-refractivity contribution in [3.63, 3.8) is 0 Å². The van der Waals surface area contributed by atoms with E-state index < -0.39 is 6.04 Å². The Morgan fingerprint density at radius 1 is 1.10 bits per heavy atom. The highest BCUT2D eigenvalue weighted by Gasteiger charge is 2.24. The number of phenols is 1. The van der Waals surface area contributed by atoms with Gasteiger partial charge in [0, 0.05) is 29.4 Å². The van der Waals surface area contributed by atoms with E-state index in [1.807, 2.05) is 30.3 Å². The number of nitrogen functional groups attached to an aromatic ring is 1. The van der Waals surface area contributed by atoms with E-state index in [2.05, 4.69) is 10.6 Å². The second-order valence-electron chi connectivity index (χ2n) is 6.70. The normalized spacial score (nSPS) is 11.0. The number of amidine groups is 1. The largest absolute Gasteiger partial charge is 0.507 e. The molecule has 1 atom stereocenters. The maximum Gasteiger partial charge on any atom is 0.247 e. The first-order valence-corrected chi connectivity index (χ1v) is 9.37. The summed E-state index contributed by atoms with van der Waals surface area (Å²) < 4.78 is 5.14. The van der Waals surface area contributed by atoms with Gasteiger partial charge < -0.3 is 26.2 Å². The smallest absolute Gasteiger partial charge is 0.247 e. The lowest BCUT2D eigenvalue weighted by Gasteiger charge is -2.21. The van der Waals surface area contributed by atoms with Gasteiger partial charge in [-0.25, -0.2) is 0 Å². The van der Waals surface area contributed by atoms with Gasteiger partial charge in [0.1, 0.15) is 23.4 Å². The van der Waals surface area contributed by atoms with E-state index in [9.17, 15) is 9.90 Å². The van der Waals surface area contributed by atoms with E-state index in [-0.39, 0.29) is 29.9 Å². The second kappa shape index (κ2) is 10.9. The molecule has 0 aliphatic heterocycles. The minimum Gasteiger partial charge on any atom is -0.507 e. The van der Waals surface area contributed by atoms with E-state index in [0.29, 0.717) is 29.1 Å². The van der Waals surface area contributed by atoms with Gasteiger partial charge in [-0.15, -0.1) is 12.4 Å². The Morgan fingerprint density at radius 2 is 1.77 bits per heavy atom. The van der Waals surface area contributed by atoms with Crippen molar-refractivity contribution >= 4 is 29.8 Å². The molecule has 6 N–H and O–H groups in total. The number of nitrogens with two attached hydrogens (primary N) is 1. The third-order valence-electron chi connectivity index (χ3n) is 4.63. The quantitative estimate of drug-likeness (QED) is 0.271. The number of carbonyl (C=O) groups excluding carboxylic acids is 1. The van der Waals surface area contributed by atoms with E-state index in [1.54, 1.807) is 36.4 Å². The molecule has 0 aliphatic carbocycles. The summed E-state index contributed by atoms with van der Waals surface area (Å²) in [7, 11) is 1.51. The maximum absolute atomic E-state index is 13.0. The van der Waals surface area contributed by atoms with Crippen molar-refractivity contribution in [1.29, 1.82) is 5.41 Å². The molecule has 7 nitrogen and oxygen atoms in total. The van der Waals surface area contributed by atoms with Crippen molar-refractivity contribution in [3.05, 3.63) is 89.5 Å². The molecule has 0 aliphatic rings. The van der Waals surface area contributed by atoms with Crippen LogP contribution in [0.2, 0.25) is 0 Å². The number of amides is 1. The number of rotatable bonds is 8. The molecule has 8 heteroatoms. The Kier molecular flexibility index (Phi) is 8.28. The summed E-state index contributed by atoms with van der Waals surface area (Å²) in [6.45, 7) is 0.359. The van der Waals surface area contributed by atoms with Gasteiger partial charge in [0.15, 0.2) is 0 Å². The zero-order chi connectivity index (χ0) is 21.5. The molecule has 0 saturated heterocycles. The summed E-state index contributed by atoms with van der Waals surface area (Å²) in [5.74, 6) is 0.106. The van der Waals surface area contributed by atoms with Gasteiger partial charge in [-0.05, 0) is 42.0 Å². The molecule has 3 rings (SSSR count). The number of nitrogens with one attached hydrogen (secondary N) is 3. The summed E-state index contributed by atoms with van der Waals surface area (Å²) in [6.07, 6.45) is 0. The molecule has 162 valence electrons. The van der Waals surface area contributed by atoms with Crippen LogP contribution >= 0.6 is 12.4 Å². The summed E-state index contributed by atoms with van der Waals surface area (Å²) in [6, 6.07) is 20.4. The Morgan fingerprint density at radius 3 is 2.35 bits per heavy atom.